The average molecular weight is 391 g/mol. The van der Waals surface area contributed by atoms with Crippen molar-refractivity contribution in [3.63, 3.8) is 0 Å². The monoisotopic (exact) mass is 391 g/mol. The fourth-order valence-corrected chi connectivity index (χ4v) is 4.87. The molecule has 3 heterocycles. The molecule has 27 heavy (non-hydrogen) atoms. The largest absolute Gasteiger partial charge is 0.335 e. The van der Waals surface area contributed by atoms with E-state index >= 15 is 0 Å². The van der Waals surface area contributed by atoms with Gasteiger partial charge in [0.2, 0.25) is 0 Å². The molecule has 8 nitrogen and oxygen atoms in total. The highest BCUT2D eigenvalue weighted by Gasteiger charge is 2.29. The fourth-order valence-electron chi connectivity index (χ4n) is 3.96. The molecular formula is C18H25N5O3S. The van der Waals surface area contributed by atoms with E-state index in [4.69, 9.17) is 0 Å². The summed E-state index contributed by atoms with van der Waals surface area (Å²) in [5.41, 5.74) is -0.131. The van der Waals surface area contributed by atoms with Crippen molar-refractivity contribution < 1.29 is 9.59 Å². The number of fused-ring (bicyclic) bond motifs is 1. The van der Waals surface area contributed by atoms with Crippen LogP contribution in [0.1, 0.15) is 42.5 Å². The molecule has 4 rings (SSSR count). The first kappa shape index (κ1) is 18.3. The summed E-state index contributed by atoms with van der Waals surface area (Å²) in [6.45, 7) is 2.45. The van der Waals surface area contributed by atoms with Gasteiger partial charge in [-0.15, -0.1) is 0 Å². The number of amides is 3. The van der Waals surface area contributed by atoms with Crippen LogP contribution < -0.4 is 10.9 Å². The van der Waals surface area contributed by atoms with Crippen LogP contribution in [0.25, 0.3) is 0 Å². The zero-order chi connectivity index (χ0) is 18.8. The molecule has 0 spiro atoms. The smallest absolute Gasteiger partial charge is 0.317 e. The predicted octanol–water partition coefficient (Wildman–Crippen LogP) is 1.15. The highest BCUT2D eigenvalue weighted by molar-refractivity contribution is 7.99. The number of thioether (sulfide) groups is 1. The molecule has 2 aliphatic heterocycles. The third-order valence-corrected chi connectivity index (χ3v) is 6.54. The summed E-state index contributed by atoms with van der Waals surface area (Å²) in [7, 11) is 0. The fraction of sp³-hybridized carbons (Fsp3) is 0.667. The molecule has 1 aliphatic carbocycles. The van der Waals surface area contributed by atoms with Gasteiger partial charge in [-0.2, -0.15) is 0 Å². The number of nitrogens with one attached hydrogen (secondary N) is 1. The van der Waals surface area contributed by atoms with Crippen LogP contribution >= 0.6 is 11.8 Å². The van der Waals surface area contributed by atoms with Gasteiger partial charge in [0.15, 0.2) is 5.16 Å². The van der Waals surface area contributed by atoms with Crippen molar-refractivity contribution in [2.75, 3.05) is 31.9 Å². The SMILES string of the molecule is O=C(NC1CCCCC1)N1CCN(C(=O)c2cnc3n(c2=O)CCS3)CC1. The summed E-state index contributed by atoms with van der Waals surface area (Å²) >= 11 is 1.53. The molecule has 9 heteroatoms. The molecule has 0 bridgehead atoms. The Labute approximate surface area is 162 Å². The van der Waals surface area contributed by atoms with E-state index < -0.39 is 0 Å². The normalized spacial score (nSPS) is 20.4. The molecule has 3 amide bonds. The van der Waals surface area contributed by atoms with E-state index in [1.807, 2.05) is 0 Å². The van der Waals surface area contributed by atoms with Crippen LogP contribution in [0.4, 0.5) is 4.79 Å². The van der Waals surface area contributed by atoms with Gasteiger partial charge < -0.3 is 15.1 Å². The molecule has 1 aromatic heterocycles. The number of nitrogens with zero attached hydrogens (tertiary/aromatic N) is 4. The highest BCUT2D eigenvalue weighted by Crippen LogP contribution is 2.21. The van der Waals surface area contributed by atoms with Gasteiger partial charge >= 0.3 is 6.03 Å². The summed E-state index contributed by atoms with van der Waals surface area (Å²) in [6, 6.07) is 0.242. The van der Waals surface area contributed by atoms with E-state index in [0.29, 0.717) is 37.9 Å². The van der Waals surface area contributed by atoms with Gasteiger partial charge in [0, 0.05) is 50.7 Å². The minimum Gasteiger partial charge on any atom is -0.335 e. The maximum Gasteiger partial charge on any atom is 0.317 e. The van der Waals surface area contributed by atoms with Gasteiger partial charge in [-0.25, -0.2) is 9.78 Å². The molecule has 1 aromatic rings. The van der Waals surface area contributed by atoms with E-state index in [1.54, 1.807) is 14.4 Å². The zero-order valence-electron chi connectivity index (χ0n) is 15.4. The second kappa shape index (κ2) is 7.92. The molecule has 0 unspecified atom stereocenters. The lowest BCUT2D eigenvalue weighted by Crippen LogP contribution is -2.55. The maximum atomic E-state index is 12.8. The first-order chi connectivity index (χ1) is 13.1. The summed E-state index contributed by atoms with van der Waals surface area (Å²) in [4.78, 5) is 45.4. The number of carbonyl (C=O) groups excluding carboxylic acids is 2. The molecule has 146 valence electrons. The van der Waals surface area contributed by atoms with Gasteiger partial charge in [0.1, 0.15) is 5.56 Å². The van der Waals surface area contributed by atoms with Crippen molar-refractivity contribution >= 4 is 23.7 Å². The Kier molecular flexibility index (Phi) is 5.38. The Bertz CT molecular complexity index is 782. The summed E-state index contributed by atoms with van der Waals surface area (Å²) in [6.07, 6.45) is 7.11. The van der Waals surface area contributed by atoms with Gasteiger partial charge in [-0.1, -0.05) is 31.0 Å². The van der Waals surface area contributed by atoms with Crippen molar-refractivity contribution in [2.24, 2.45) is 0 Å². The first-order valence-corrected chi connectivity index (χ1v) is 10.7. The van der Waals surface area contributed by atoms with Crippen molar-refractivity contribution in [3.8, 4) is 0 Å². The molecule has 0 aromatic carbocycles. The topological polar surface area (TPSA) is 87.5 Å². The average Bonchev–Trinajstić information content (AvgIpc) is 3.18. The third-order valence-electron chi connectivity index (χ3n) is 5.57. The quantitative estimate of drug-likeness (QED) is 0.764. The van der Waals surface area contributed by atoms with Crippen molar-refractivity contribution in [3.05, 3.63) is 22.1 Å². The van der Waals surface area contributed by atoms with Gasteiger partial charge in [0.05, 0.1) is 0 Å². The summed E-state index contributed by atoms with van der Waals surface area (Å²) in [5, 5.41) is 3.80. The van der Waals surface area contributed by atoms with E-state index in [0.717, 1.165) is 18.6 Å². The standard InChI is InChI=1S/C18H25N5O3S/c24-15(14-12-19-18-23(16(14)25)10-11-27-18)21-6-8-22(9-7-21)17(26)20-13-4-2-1-3-5-13/h12-13H,1-11H2,(H,20,26). The molecule has 1 N–H and O–H groups in total. The predicted molar refractivity (Wildman–Crippen MR) is 102 cm³/mol. The van der Waals surface area contributed by atoms with E-state index in [2.05, 4.69) is 10.3 Å². The molecule has 2 fully saturated rings. The number of hydrogen-bond donors (Lipinski definition) is 1. The minimum absolute atomic E-state index is 0.0368. The van der Waals surface area contributed by atoms with Crippen LogP contribution in [-0.2, 0) is 6.54 Å². The van der Waals surface area contributed by atoms with Gasteiger partial charge in [-0.3, -0.25) is 14.2 Å². The molecule has 3 aliphatic rings. The Morgan fingerprint density at radius 2 is 1.74 bits per heavy atom. The van der Waals surface area contributed by atoms with E-state index in [9.17, 15) is 14.4 Å². The zero-order valence-corrected chi connectivity index (χ0v) is 16.2. The lowest BCUT2D eigenvalue weighted by molar-refractivity contribution is 0.0659. The number of piperazine rings is 1. The van der Waals surface area contributed by atoms with Crippen LogP contribution in [-0.4, -0.2) is 69.3 Å². The molecule has 1 saturated heterocycles. The third kappa shape index (κ3) is 3.83. The first-order valence-electron chi connectivity index (χ1n) is 9.71. The molecule has 1 saturated carbocycles. The Balaban J connectivity index is 1.34. The molecule has 0 radical (unpaired) electrons. The number of hydrogen-bond acceptors (Lipinski definition) is 5. The summed E-state index contributed by atoms with van der Waals surface area (Å²) in [5.74, 6) is 0.529. The van der Waals surface area contributed by atoms with Crippen molar-refractivity contribution in [2.45, 2.75) is 49.8 Å². The second-order valence-corrected chi connectivity index (χ2v) is 8.39. The van der Waals surface area contributed by atoms with Crippen LogP contribution in [0.15, 0.2) is 16.1 Å². The van der Waals surface area contributed by atoms with E-state index in [1.165, 1.54) is 37.2 Å². The number of rotatable bonds is 2. The number of urea groups is 1. The maximum absolute atomic E-state index is 12.8. The van der Waals surface area contributed by atoms with Crippen LogP contribution in [0.2, 0.25) is 0 Å². The van der Waals surface area contributed by atoms with Gasteiger partial charge in [0.25, 0.3) is 11.5 Å². The Hall–Kier alpha value is -2.03. The number of aromatic nitrogens is 2. The van der Waals surface area contributed by atoms with Crippen LogP contribution in [0, 0.1) is 0 Å². The lowest BCUT2D eigenvalue weighted by Gasteiger charge is -2.36. The van der Waals surface area contributed by atoms with Crippen molar-refractivity contribution in [1.29, 1.82) is 0 Å². The molecular weight excluding hydrogens is 366 g/mol. The van der Waals surface area contributed by atoms with Crippen molar-refractivity contribution in [1.82, 2.24) is 24.7 Å². The lowest BCUT2D eigenvalue weighted by atomic mass is 9.96. The highest BCUT2D eigenvalue weighted by atomic mass is 32.2. The number of carbonyl (C=O) groups is 2. The molecule has 0 atom stereocenters. The minimum atomic E-state index is -0.285. The van der Waals surface area contributed by atoms with E-state index in [-0.39, 0.29) is 29.1 Å². The van der Waals surface area contributed by atoms with Gasteiger partial charge in [-0.05, 0) is 12.8 Å². The Morgan fingerprint density at radius 1 is 1.04 bits per heavy atom. The Morgan fingerprint density at radius 3 is 2.48 bits per heavy atom. The van der Waals surface area contributed by atoms with Crippen LogP contribution in [0.5, 0.6) is 0 Å². The summed E-state index contributed by atoms with van der Waals surface area (Å²) < 4.78 is 1.58. The van der Waals surface area contributed by atoms with Crippen LogP contribution in [0.3, 0.4) is 0 Å². The second-order valence-electron chi connectivity index (χ2n) is 7.32.